The van der Waals surface area contributed by atoms with Gasteiger partial charge in [-0.3, -0.25) is 0 Å². The number of nitrogens with one attached hydrogen (secondary N) is 1. The maximum absolute atomic E-state index is 12.1. The van der Waals surface area contributed by atoms with E-state index >= 15 is 0 Å². The first kappa shape index (κ1) is 14.7. The lowest BCUT2D eigenvalue weighted by Crippen LogP contribution is -2.48. The number of amides is 2. The van der Waals surface area contributed by atoms with Crippen LogP contribution in [0.4, 0.5) is 4.79 Å². The van der Waals surface area contributed by atoms with Gasteiger partial charge in [-0.2, -0.15) is 0 Å². The summed E-state index contributed by atoms with van der Waals surface area (Å²) in [5.74, 6) is 0.423. The number of carbonyl (C=O) groups is 1. The molecule has 1 heterocycles. The minimum Gasteiger partial charge on any atom is -0.335 e. The lowest BCUT2D eigenvalue weighted by atomic mass is 10.1. The fraction of sp³-hybridized carbons (Fsp3) is 0.500. The zero-order valence-corrected chi connectivity index (χ0v) is 13.0. The zero-order valence-electron chi connectivity index (χ0n) is 11.5. The van der Waals surface area contributed by atoms with E-state index in [9.17, 15) is 13.2 Å². The Labute approximate surface area is 129 Å². The van der Waals surface area contributed by atoms with Gasteiger partial charge in [0.15, 0.2) is 9.84 Å². The van der Waals surface area contributed by atoms with Gasteiger partial charge in [0.25, 0.3) is 0 Å². The van der Waals surface area contributed by atoms with E-state index in [1.54, 1.807) is 4.90 Å². The molecular formula is C14H17ClN2O3S. The van der Waals surface area contributed by atoms with Crippen LogP contribution >= 0.6 is 11.6 Å². The third-order valence-electron chi connectivity index (χ3n) is 4.01. The van der Waals surface area contributed by atoms with Crippen LogP contribution in [-0.4, -0.2) is 50.0 Å². The molecule has 1 saturated heterocycles. The second-order valence-electron chi connectivity index (χ2n) is 5.59. The summed E-state index contributed by atoms with van der Waals surface area (Å²) in [5, 5.41) is 3.67. The summed E-state index contributed by atoms with van der Waals surface area (Å²) in [6.45, 7) is 0.561. The summed E-state index contributed by atoms with van der Waals surface area (Å²) in [6.07, 6.45) is 0.901. The van der Waals surface area contributed by atoms with Gasteiger partial charge in [0.05, 0.1) is 11.5 Å². The monoisotopic (exact) mass is 328 g/mol. The Morgan fingerprint density at radius 1 is 1.29 bits per heavy atom. The fourth-order valence-electron chi connectivity index (χ4n) is 2.63. The van der Waals surface area contributed by atoms with Crippen LogP contribution in [0, 0.1) is 0 Å². The molecule has 0 unspecified atom stereocenters. The first-order valence-corrected chi connectivity index (χ1v) is 9.16. The third kappa shape index (κ3) is 3.49. The van der Waals surface area contributed by atoms with Crippen molar-refractivity contribution in [3.63, 3.8) is 0 Å². The van der Waals surface area contributed by atoms with Gasteiger partial charge in [-0.1, -0.05) is 23.7 Å². The maximum atomic E-state index is 12.1. The topological polar surface area (TPSA) is 66.5 Å². The van der Waals surface area contributed by atoms with Crippen molar-refractivity contribution in [3.05, 3.63) is 34.9 Å². The first-order chi connectivity index (χ1) is 9.94. The summed E-state index contributed by atoms with van der Waals surface area (Å²) >= 11 is 5.97. The lowest BCUT2D eigenvalue weighted by molar-refractivity contribution is 0.201. The van der Waals surface area contributed by atoms with E-state index in [1.807, 2.05) is 24.3 Å². The van der Waals surface area contributed by atoms with Crippen LogP contribution < -0.4 is 5.32 Å². The summed E-state index contributed by atoms with van der Waals surface area (Å²) < 4.78 is 22.7. The van der Waals surface area contributed by atoms with Crippen LogP contribution in [-0.2, 0) is 9.84 Å². The first-order valence-electron chi connectivity index (χ1n) is 6.96. The van der Waals surface area contributed by atoms with Crippen LogP contribution in [0.2, 0.25) is 5.02 Å². The van der Waals surface area contributed by atoms with Crippen LogP contribution in [0.25, 0.3) is 0 Å². The number of urea groups is 1. The number of hydrogen-bond acceptors (Lipinski definition) is 3. The van der Waals surface area contributed by atoms with Gasteiger partial charge in [-0.15, -0.1) is 0 Å². The molecule has 1 N–H and O–H groups in total. The Morgan fingerprint density at radius 3 is 2.67 bits per heavy atom. The third-order valence-corrected chi connectivity index (χ3v) is 5.85. The van der Waals surface area contributed by atoms with Gasteiger partial charge < -0.3 is 10.2 Å². The molecule has 0 spiro atoms. The molecule has 21 heavy (non-hydrogen) atoms. The molecule has 0 radical (unpaired) electrons. The molecule has 114 valence electrons. The van der Waals surface area contributed by atoms with E-state index in [4.69, 9.17) is 11.6 Å². The molecule has 5 nitrogen and oxygen atoms in total. The highest BCUT2D eigenvalue weighted by Gasteiger charge is 2.40. The minimum absolute atomic E-state index is 0.0583. The van der Waals surface area contributed by atoms with Gasteiger partial charge in [-0.25, -0.2) is 13.2 Å². The number of benzene rings is 1. The highest BCUT2D eigenvalue weighted by molar-refractivity contribution is 7.91. The molecule has 2 amide bonds. The predicted molar refractivity (Wildman–Crippen MR) is 81.4 cm³/mol. The van der Waals surface area contributed by atoms with Crippen molar-refractivity contribution in [1.29, 1.82) is 0 Å². The van der Waals surface area contributed by atoms with Crippen LogP contribution in [0.1, 0.15) is 17.9 Å². The van der Waals surface area contributed by atoms with Crippen molar-refractivity contribution in [2.75, 3.05) is 24.6 Å². The molecule has 1 aromatic carbocycles. The standard InChI is InChI=1S/C14H17ClN2O3S/c15-11-3-1-2-10(8-11)12-9-13(12)16-14(18)17-4-6-21(19,20)7-5-17/h1-3,8,12-13H,4-7,9H2,(H,16,18)/t12-,13+/m1/s1. The predicted octanol–water partition coefficient (Wildman–Crippen LogP) is 1.64. The van der Waals surface area contributed by atoms with E-state index in [-0.39, 0.29) is 36.7 Å². The molecule has 2 atom stereocenters. The average Bonchev–Trinajstić information content (AvgIpc) is 3.17. The van der Waals surface area contributed by atoms with Gasteiger partial charge in [0.2, 0.25) is 0 Å². The number of hydrogen-bond donors (Lipinski definition) is 1. The Morgan fingerprint density at radius 2 is 2.00 bits per heavy atom. The SMILES string of the molecule is O=C(N[C@H]1C[C@@H]1c1cccc(Cl)c1)N1CCS(=O)(=O)CC1. The van der Waals surface area contributed by atoms with Crippen molar-refractivity contribution in [2.24, 2.45) is 0 Å². The van der Waals surface area contributed by atoms with E-state index in [0.717, 1.165) is 12.0 Å². The second-order valence-corrected chi connectivity index (χ2v) is 8.33. The fourth-order valence-corrected chi connectivity index (χ4v) is 4.03. The van der Waals surface area contributed by atoms with E-state index < -0.39 is 9.84 Å². The summed E-state index contributed by atoms with van der Waals surface area (Å²) in [4.78, 5) is 13.7. The van der Waals surface area contributed by atoms with E-state index in [0.29, 0.717) is 10.9 Å². The normalized spacial score (nSPS) is 27.2. The second kappa shape index (κ2) is 5.50. The molecule has 1 aliphatic carbocycles. The van der Waals surface area contributed by atoms with Crippen molar-refractivity contribution in [1.82, 2.24) is 10.2 Å². The van der Waals surface area contributed by atoms with Gasteiger partial charge in [-0.05, 0) is 24.1 Å². The number of sulfone groups is 1. The molecule has 1 aliphatic heterocycles. The Balaban J connectivity index is 1.53. The smallest absolute Gasteiger partial charge is 0.317 e. The summed E-state index contributed by atoms with van der Waals surface area (Å²) in [5.41, 5.74) is 1.13. The average molecular weight is 329 g/mol. The Hall–Kier alpha value is -1.27. The molecule has 7 heteroatoms. The number of halogens is 1. The Bertz CT molecular complexity index is 648. The largest absolute Gasteiger partial charge is 0.335 e. The molecule has 0 bridgehead atoms. The molecule has 0 aromatic heterocycles. The highest BCUT2D eigenvalue weighted by Crippen LogP contribution is 2.41. The van der Waals surface area contributed by atoms with Crippen LogP contribution in [0.5, 0.6) is 0 Å². The maximum Gasteiger partial charge on any atom is 0.317 e. The number of carbonyl (C=O) groups excluding carboxylic acids is 1. The van der Waals surface area contributed by atoms with E-state index in [2.05, 4.69) is 5.32 Å². The minimum atomic E-state index is -2.96. The summed E-state index contributed by atoms with van der Waals surface area (Å²) in [6, 6.07) is 7.62. The molecule has 3 rings (SSSR count). The molecule has 2 aliphatic rings. The van der Waals surface area contributed by atoms with Crippen molar-refractivity contribution in [3.8, 4) is 0 Å². The van der Waals surface area contributed by atoms with Crippen molar-refractivity contribution >= 4 is 27.5 Å². The van der Waals surface area contributed by atoms with Crippen molar-refractivity contribution < 1.29 is 13.2 Å². The lowest BCUT2D eigenvalue weighted by Gasteiger charge is -2.26. The number of nitrogens with zero attached hydrogens (tertiary/aromatic N) is 1. The van der Waals surface area contributed by atoms with Crippen LogP contribution in [0.3, 0.4) is 0 Å². The van der Waals surface area contributed by atoms with Gasteiger partial charge in [0.1, 0.15) is 0 Å². The highest BCUT2D eigenvalue weighted by atomic mass is 35.5. The van der Waals surface area contributed by atoms with Crippen molar-refractivity contribution in [2.45, 2.75) is 18.4 Å². The van der Waals surface area contributed by atoms with E-state index in [1.165, 1.54) is 0 Å². The quantitative estimate of drug-likeness (QED) is 0.897. The molecule has 1 saturated carbocycles. The number of rotatable bonds is 2. The molecular weight excluding hydrogens is 312 g/mol. The zero-order chi connectivity index (χ0) is 15.0. The van der Waals surface area contributed by atoms with Gasteiger partial charge >= 0.3 is 6.03 Å². The van der Waals surface area contributed by atoms with Crippen LogP contribution in [0.15, 0.2) is 24.3 Å². The Kier molecular flexibility index (Phi) is 3.84. The molecule has 1 aromatic rings. The molecule has 2 fully saturated rings. The van der Waals surface area contributed by atoms with Gasteiger partial charge in [0, 0.05) is 30.1 Å². The summed E-state index contributed by atoms with van der Waals surface area (Å²) in [7, 11) is -2.96.